The van der Waals surface area contributed by atoms with Crippen LogP contribution in [0.4, 0.5) is 0 Å². The van der Waals surface area contributed by atoms with Crippen molar-refractivity contribution in [3.63, 3.8) is 0 Å². The summed E-state index contributed by atoms with van der Waals surface area (Å²) in [5.74, 6) is 0.0953. The van der Waals surface area contributed by atoms with Gasteiger partial charge in [0.15, 0.2) is 0 Å². The minimum absolute atomic E-state index is 0.0721. The Hall–Kier alpha value is -2.28. The first kappa shape index (κ1) is 17.1. The second kappa shape index (κ2) is 7.15. The molecule has 2 aromatic heterocycles. The molecule has 6 nitrogen and oxygen atoms in total. The summed E-state index contributed by atoms with van der Waals surface area (Å²) in [6, 6.07) is 3.67. The lowest BCUT2D eigenvalue weighted by molar-refractivity contribution is -0.136. The summed E-state index contributed by atoms with van der Waals surface area (Å²) < 4.78 is 0. The molecule has 4 rings (SSSR count). The molecule has 0 spiro atoms. The van der Waals surface area contributed by atoms with Crippen molar-refractivity contribution < 1.29 is 9.59 Å². The summed E-state index contributed by atoms with van der Waals surface area (Å²) in [5, 5.41) is 0.766. The molecule has 7 heteroatoms. The molecule has 2 N–H and O–H groups in total. The van der Waals surface area contributed by atoms with E-state index in [-0.39, 0.29) is 12.3 Å². The third-order valence-corrected chi connectivity index (χ3v) is 6.39. The number of pyridine rings is 1. The van der Waals surface area contributed by atoms with E-state index >= 15 is 0 Å². The van der Waals surface area contributed by atoms with Crippen LogP contribution in [0.3, 0.4) is 0 Å². The van der Waals surface area contributed by atoms with Crippen LogP contribution in [0.5, 0.6) is 0 Å². The predicted molar refractivity (Wildman–Crippen MR) is 99.6 cm³/mol. The number of rotatable bonds is 5. The van der Waals surface area contributed by atoms with E-state index in [1.165, 1.54) is 30.6 Å². The number of amides is 2. The Morgan fingerprint density at radius 1 is 1.23 bits per heavy atom. The average molecular weight is 370 g/mol. The molecule has 2 aromatic rings. The average Bonchev–Trinajstić information content (AvgIpc) is 3.22. The highest BCUT2D eigenvalue weighted by molar-refractivity contribution is 7.15. The molecule has 1 aliphatic heterocycles. The first-order valence-corrected chi connectivity index (χ1v) is 9.93. The molecule has 1 atom stereocenters. The van der Waals surface area contributed by atoms with Crippen molar-refractivity contribution in [1.82, 2.24) is 14.9 Å². The van der Waals surface area contributed by atoms with Crippen LogP contribution in [-0.4, -0.2) is 39.3 Å². The van der Waals surface area contributed by atoms with Gasteiger partial charge in [0.1, 0.15) is 11.0 Å². The van der Waals surface area contributed by atoms with Gasteiger partial charge in [0.25, 0.3) is 0 Å². The van der Waals surface area contributed by atoms with Crippen molar-refractivity contribution in [2.75, 3.05) is 6.54 Å². The quantitative estimate of drug-likeness (QED) is 0.876. The fourth-order valence-corrected chi connectivity index (χ4v) is 4.55. The first-order valence-electron chi connectivity index (χ1n) is 9.11. The number of nitrogens with two attached hydrogens (primary N) is 1. The maximum Gasteiger partial charge on any atom is 0.240 e. The number of hydrogen-bond acceptors (Lipinski definition) is 5. The zero-order valence-corrected chi connectivity index (χ0v) is 15.4. The molecule has 1 aliphatic carbocycles. The van der Waals surface area contributed by atoms with Crippen LogP contribution in [-0.2, 0) is 16.0 Å². The summed E-state index contributed by atoms with van der Waals surface area (Å²) >= 11 is 1.53. The van der Waals surface area contributed by atoms with E-state index in [2.05, 4.69) is 16.0 Å². The van der Waals surface area contributed by atoms with Gasteiger partial charge in [-0.3, -0.25) is 14.6 Å². The van der Waals surface area contributed by atoms with E-state index < -0.39 is 11.9 Å². The molecule has 2 amide bonds. The summed E-state index contributed by atoms with van der Waals surface area (Å²) in [5.41, 5.74) is 7.66. The number of hydrogen-bond donors (Lipinski definition) is 1. The molecule has 1 saturated carbocycles. The van der Waals surface area contributed by atoms with E-state index in [0.717, 1.165) is 27.6 Å². The Balaban J connectivity index is 1.46. The number of carbonyl (C=O) groups excluding carboxylic acids is 2. The van der Waals surface area contributed by atoms with Crippen LogP contribution < -0.4 is 5.73 Å². The van der Waals surface area contributed by atoms with Crippen LogP contribution >= 0.6 is 11.3 Å². The summed E-state index contributed by atoms with van der Waals surface area (Å²) in [6.07, 6.45) is 9.10. The summed E-state index contributed by atoms with van der Waals surface area (Å²) in [7, 11) is 0. The Bertz CT molecular complexity index is 830. The largest absolute Gasteiger partial charge is 0.368 e. The zero-order chi connectivity index (χ0) is 18.1. The fraction of sp³-hybridized carbons (Fsp3) is 0.474. The molecular formula is C19H22N4O2S. The highest BCUT2D eigenvalue weighted by Crippen LogP contribution is 2.37. The Morgan fingerprint density at radius 2 is 2.08 bits per heavy atom. The van der Waals surface area contributed by atoms with E-state index in [9.17, 15) is 9.59 Å². The lowest BCUT2D eigenvalue weighted by atomic mass is 9.82. The monoisotopic (exact) mass is 370 g/mol. The first-order chi connectivity index (χ1) is 12.6. The molecule has 1 saturated heterocycles. The number of carbonyl (C=O) groups is 2. The zero-order valence-electron chi connectivity index (χ0n) is 14.6. The normalized spacial score (nSPS) is 20.2. The van der Waals surface area contributed by atoms with Crippen LogP contribution in [0.25, 0.3) is 10.4 Å². The second-order valence-electron chi connectivity index (χ2n) is 7.04. The molecule has 2 aliphatic rings. The number of nitrogens with zero attached hydrogens (tertiary/aromatic N) is 3. The maximum atomic E-state index is 12.5. The van der Waals surface area contributed by atoms with Gasteiger partial charge in [-0.2, -0.15) is 0 Å². The van der Waals surface area contributed by atoms with Gasteiger partial charge in [0.05, 0.1) is 11.3 Å². The lowest BCUT2D eigenvalue weighted by Crippen LogP contribution is -2.44. The van der Waals surface area contributed by atoms with Crippen molar-refractivity contribution in [2.45, 2.75) is 50.5 Å². The molecule has 136 valence electrons. The second-order valence-corrected chi connectivity index (χ2v) is 8.15. The van der Waals surface area contributed by atoms with E-state index in [4.69, 9.17) is 5.73 Å². The van der Waals surface area contributed by atoms with Gasteiger partial charge >= 0.3 is 0 Å². The van der Waals surface area contributed by atoms with Crippen molar-refractivity contribution in [3.05, 3.63) is 35.2 Å². The molecule has 0 radical (unpaired) electrons. The third kappa shape index (κ3) is 3.35. The lowest BCUT2D eigenvalue weighted by Gasteiger charge is -2.24. The van der Waals surface area contributed by atoms with Crippen molar-refractivity contribution in [3.8, 4) is 10.4 Å². The van der Waals surface area contributed by atoms with E-state index in [0.29, 0.717) is 18.9 Å². The Morgan fingerprint density at radius 3 is 2.81 bits per heavy atom. The van der Waals surface area contributed by atoms with Gasteiger partial charge in [-0.05, 0) is 43.4 Å². The minimum atomic E-state index is -0.466. The van der Waals surface area contributed by atoms with Crippen molar-refractivity contribution in [1.29, 1.82) is 0 Å². The van der Waals surface area contributed by atoms with Gasteiger partial charge in [-0.1, -0.05) is 6.42 Å². The number of thiazole rings is 1. The molecular weight excluding hydrogens is 348 g/mol. The van der Waals surface area contributed by atoms with Gasteiger partial charge in [-0.25, -0.2) is 4.98 Å². The van der Waals surface area contributed by atoms with Gasteiger partial charge in [-0.15, -0.1) is 11.3 Å². The smallest absolute Gasteiger partial charge is 0.240 e. The Kier molecular flexibility index (Phi) is 4.72. The SMILES string of the molecule is NC(=O)[C@@H]1CCCN1C(=O)Cc1ncc(-c2ccnc(C3CCC3)c2)s1. The third-order valence-electron chi connectivity index (χ3n) is 5.35. The predicted octanol–water partition coefficient (Wildman–Crippen LogP) is 2.49. The number of primary amides is 1. The topological polar surface area (TPSA) is 89.2 Å². The van der Waals surface area contributed by atoms with E-state index in [1.807, 2.05) is 18.5 Å². The Labute approximate surface area is 156 Å². The molecule has 0 bridgehead atoms. The number of likely N-dealkylation sites (tertiary alicyclic amines) is 1. The molecule has 0 aromatic carbocycles. The van der Waals surface area contributed by atoms with Crippen molar-refractivity contribution in [2.24, 2.45) is 5.73 Å². The van der Waals surface area contributed by atoms with Gasteiger partial charge in [0.2, 0.25) is 11.8 Å². The number of aromatic nitrogens is 2. The van der Waals surface area contributed by atoms with Crippen LogP contribution in [0.1, 0.15) is 48.7 Å². The minimum Gasteiger partial charge on any atom is -0.368 e. The molecule has 2 fully saturated rings. The maximum absolute atomic E-state index is 12.5. The van der Waals surface area contributed by atoms with Crippen molar-refractivity contribution >= 4 is 23.2 Å². The standard InChI is InChI=1S/C19H22N4O2S/c20-19(25)15-5-2-8-23(15)18(24)10-17-22-11-16(26-17)13-6-7-21-14(9-13)12-3-1-4-12/h6-7,9,11-12,15H,1-5,8,10H2,(H2,20,25)/t15-/m0/s1. The van der Waals surface area contributed by atoms with Crippen LogP contribution in [0.15, 0.2) is 24.5 Å². The molecule has 3 heterocycles. The van der Waals surface area contributed by atoms with Gasteiger partial charge in [0, 0.05) is 30.6 Å². The van der Waals surface area contributed by atoms with Crippen LogP contribution in [0, 0.1) is 0 Å². The summed E-state index contributed by atoms with van der Waals surface area (Å²) in [6.45, 7) is 0.597. The van der Waals surface area contributed by atoms with E-state index in [1.54, 1.807) is 4.90 Å². The molecule has 26 heavy (non-hydrogen) atoms. The van der Waals surface area contributed by atoms with Gasteiger partial charge < -0.3 is 10.6 Å². The highest BCUT2D eigenvalue weighted by atomic mass is 32.1. The fourth-order valence-electron chi connectivity index (χ4n) is 3.65. The molecule has 0 unspecified atom stereocenters. The van der Waals surface area contributed by atoms with Crippen LogP contribution in [0.2, 0.25) is 0 Å². The summed E-state index contributed by atoms with van der Waals surface area (Å²) in [4.78, 5) is 35.6. The highest BCUT2D eigenvalue weighted by Gasteiger charge is 2.32.